The third-order valence-corrected chi connectivity index (χ3v) is 9.96. The first-order valence-corrected chi connectivity index (χ1v) is 16.9. The van der Waals surface area contributed by atoms with Gasteiger partial charge >= 0.3 is 0 Å². The molecule has 1 aliphatic rings. The minimum absolute atomic E-state index is 0.622. The van der Waals surface area contributed by atoms with E-state index in [1.54, 1.807) is 12.4 Å². The maximum Gasteiger partial charge on any atom is 0.178 e. The molecule has 0 bridgehead atoms. The first kappa shape index (κ1) is 28.3. The van der Waals surface area contributed by atoms with Gasteiger partial charge in [-0.15, -0.1) is 0 Å². The predicted octanol–water partition coefficient (Wildman–Crippen LogP) is 12.2. The number of pyridine rings is 1. The summed E-state index contributed by atoms with van der Waals surface area (Å²) < 4.78 is 0. The molecule has 0 radical (unpaired) electrons. The van der Waals surface area contributed by atoms with Gasteiger partial charge in [0.05, 0.1) is 5.69 Å². The number of rotatable bonds is 5. The lowest BCUT2D eigenvalue weighted by atomic mass is 9.82. The van der Waals surface area contributed by atoms with Crippen molar-refractivity contribution < 1.29 is 0 Å². The van der Waals surface area contributed by atoms with E-state index in [0.29, 0.717) is 5.82 Å². The van der Waals surface area contributed by atoms with Gasteiger partial charge in [0.15, 0.2) is 5.82 Å². The Hall–Kier alpha value is -6.71. The van der Waals surface area contributed by atoms with Crippen molar-refractivity contribution in [1.29, 1.82) is 0 Å². The van der Waals surface area contributed by atoms with Crippen molar-refractivity contribution in [3.05, 3.63) is 176 Å². The second kappa shape index (κ2) is 11.5. The minimum atomic E-state index is 0.622. The fourth-order valence-electron chi connectivity index (χ4n) is 7.82. The van der Waals surface area contributed by atoms with Gasteiger partial charge in [-0.25, -0.2) is 9.97 Å². The minimum Gasteiger partial charge on any atom is -0.253 e. The zero-order valence-corrected chi connectivity index (χ0v) is 27.1. The van der Waals surface area contributed by atoms with Gasteiger partial charge in [-0.05, 0) is 95.4 Å². The van der Waals surface area contributed by atoms with Gasteiger partial charge in [-0.2, -0.15) is 0 Å². The molecule has 232 valence electrons. The number of nitrogens with zero attached hydrogens (tertiary/aromatic N) is 3. The van der Waals surface area contributed by atoms with Crippen LogP contribution >= 0.6 is 0 Å². The molecule has 2 aromatic heterocycles. The van der Waals surface area contributed by atoms with Crippen molar-refractivity contribution in [2.24, 2.45) is 0 Å². The molecule has 3 nitrogen and oxygen atoms in total. The van der Waals surface area contributed by atoms with E-state index < -0.39 is 0 Å². The molecule has 0 amide bonds. The van der Waals surface area contributed by atoms with Gasteiger partial charge in [0.2, 0.25) is 0 Å². The van der Waals surface area contributed by atoms with Crippen molar-refractivity contribution in [1.82, 2.24) is 15.0 Å². The van der Waals surface area contributed by atoms with Gasteiger partial charge in [0.25, 0.3) is 0 Å². The van der Waals surface area contributed by atoms with Crippen LogP contribution in [0.4, 0.5) is 0 Å². The van der Waals surface area contributed by atoms with E-state index in [4.69, 9.17) is 4.98 Å². The molecule has 50 heavy (non-hydrogen) atoms. The summed E-state index contributed by atoms with van der Waals surface area (Å²) in [7, 11) is 0. The fraction of sp³-hybridized carbons (Fsp3) is 0. The highest BCUT2D eigenvalue weighted by Crippen LogP contribution is 2.58. The van der Waals surface area contributed by atoms with Crippen LogP contribution in [0, 0.1) is 0 Å². The Bertz CT molecular complexity index is 2630. The number of hydrogen-bond donors (Lipinski definition) is 0. The lowest BCUT2D eigenvalue weighted by Gasteiger charge is -2.20. The van der Waals surface area contributed by atoms with E-state index in [9.17, 15) is 0 Å². The maximum atomic E-state index is 4.84. The lowest BCUT2D eigenvalue weighted by Crippen LogP contribution is -1.93. The molecular formula is C47H29N3. The predicted molar refractivity (Wildman–Crippen MR) is 206 cm³/mol. The highest BCUT2D eigenvalue weighted by Gasteiger charge is 2.31. The Morgan fingerprint density at radius 1 is 0.300 bits per heavy atom. The van der Waals surface area contributed by atoms with Crippen LogP contribution in [0.3, 0.4) is 0 Å². The largest absolute Gasteiger partial charge is 0.253 e. The third-order valence-electron chi connectivity index (χ3n) is 9.96. The summed E-state index contributed by atoms with van der Waals surface area (Å²) in [5.41, 5.74) is 15.3. The molecule has 3 heteroatoms. The molecule has 0 spiro atoms. The van der Waals surface area contributed by atoms with Crippen LogP contribution in [0.2, 0.25) is 0 Å². The fourth-order valence-corrected chi connectivity index (χ4v) is 7.82. The molecule has 0 atom stereocenters. The molecule has 9 aromatic rings. The molecule has 0 unspecified atom stereocenters. The molecule has 0 N–H and O–H groups in total. The second-order valence-electron chi connectivity index (χ2n) is 12.7. The summed E-state index contributed by atoms with van der Waals surface area (Å²) in [4.78, 5) is 13.7. The highest BCUT2D eigenvalue weighted by molar-refractivity contribution is 6.28. The smallest absolute Gasteiger partial charge is 0.178 e. The van der Waals surface area contributed by atoms with Gasteiger partial charge < -0.3 is 0 Å². The summed E-state index contributed by atoms with van der Waals surface area (Å²) in [6.07, 6.45) is 3.57. The van der Waals surface area contributed by atoms with E-state index >= 15 is 0 Å². The quantitative estimate of drug-likeness (QED) is 0.189. The Morgan fingerprint density at radius 2 is 0.880 bits per heavy atom. The van der Waals surface area contributed by atoms with Crippen LogP contribution in [0.1, 0.15) is 0 Å². The molecule has 0 saturated heterocycles. The summed E-state index contributed by atoms with van der Waals surface area (Å²) in [6, 6.07) is 58.6. The Kier molecular flexibility index (Phi) is 6.49. The number of hydrogen-bond acceptors (Lipinski definition) is 3. The number of aromatic nitrogens is 3. The van der Waals surface area contributed by atoms with Crippen molar-refractivity contribution in [2.75, 3.05) is 0 Å². The SMILES string of the molecule is c1ccc(-c2c3c(c(-c4ccccc4)c4ccccc24)-c2ccc(-c4ccc(-c5ccnc(-c6ccccn6)n5)cc4)c4cccc-3c24)cc1. The van der Waals surface area contributed by atoms with Crippen LogP contribution in [0.5, 0.6) is 0 Å². The summed E-state index contributed by atoms with van der Waals surface area (Å²) in [6.45, 7) is 0. The average molecular weight is 636 g/mol. The van der Waals surface area contributed by atoms with Crippen LogP contribution in [0.25, 0.3) is 100.0 Å². The molecular weight excluding hydrogens is 607 g/mol. The third kappa shape index (κ3) is 4.41. The average Bonchev–Trinajstić information content (AvgIpc) is 3.53. The van der Waals surface area contributed by atoms with Crippen LogP contribution < -0.4 is 0 Å². The van der Waals surface area contributed by atoms with E-state index in [-0.39, 0.29) is 0 Å². The first-order valence-electron chi connectivity index (χ1n) is 16.9. The number of fused-ring (bicyclic) bond motifs is 4. The van der Waals surface area contributed by atoms with Crippen molar-refractivity contribution in [2.45, 2.75) is 0 Å². The van der Waals surface area contributed by atoms with Crippen molar-refractivity contribution in [3.8, 4) is 78.4 Å². The van der Waals surface area contributed by atoms with E-state index in [2.05, 4.69) is 149 Å². The molecule has 0 saturated carbocycles. The summed E-state index contributed by atoms with van der Waals surface area (Å²) >= 11 is 0. The van der Waals surface area contributed by atoms with E-state index in [1.165, 1.54) is 77.2 Å². The van der Waals surface area contributed by atoms with Gasteiger partial charge in [-0.3, -0.25) is 4.98 Å². The molecule has 1 aliphatic carbocycles. The molecule has 2 heterocycles. The zero-order chi connectivity index (χ0) is 33.0. The number of benzene rings is 7. The maximum absolute atomic E-state index is 4.84. The summed E-state index contributed by atoms with van der Waals surface area (Å²) in [5, 5.41) is 5.11. The van der Waals surface area contributed by atoms with Crippen LogP contribution in [0.15, 0.2) is 176 Å². The standard InChI is InChI=1S/C47H29N3/c1-3-12-32(13-4-1)42-36-16-7-8-17-37(36)43(33-14-5-2-6-15-33)46-39-26-25-34(35-18-11-19-38(44(35)39)45(42)46)30-21-23-31(24-22-30)40-27-29-49-47(50-40)41-20-9-10-28-48-41/h1-29H. The second-order valence-corrected chi connectivity index (χ2v) is 12.7. The van der Waals surface area contributed by atoms with Crippen molar-refractivity contribution in [3.63, 3.8) is 0 Å². The van der Waals surface area contributed by atoms with Gasteiger partial charge in [-0.1, -0.05) is 146 Å². The highest BCUT2D eigenvalue weighted by atomic mass is 14.9. The molecule has 0 aliphatic heterocycles. The lowest BCUT2D eigenvalue weighted by molar-refractivity contribution is 1.14. The normalized spacial score (nSPS) is 11.6. The first-order chi connectivity index (χ1) is 24.8. The van der Waals surface area contributed by atoms with Crippen LogP contribution in [-0.2, 0) is 0 Å². The van der Waals surface area contributed by atoms with Crippen molar-refractivity contribution >= 4 is 21.5 Å². The van der Waals surface area contributed by atoms with Gasteiger partial charge in [0, 0.05) is 18.0 Å². The molecule has 10 rings (SSSR count). The van der Waals surface area contributed by atoms with E-state index in [0.717, 1.165) is 17.0 Å². The zero-order valence-electron chi connectivity index (χ0n) is 27.1. The monoisotopic (exact) mass is 635 g/mol. The Morgan fingerprint density at radius 3 is 1.54 bits per heavy atom. The van der Waals surface area contributed by atoms with E-state index in [1.807, 2.05) is 24.3 Å². The molecule has 0 fully saturated rings. The Labute approximate surface area is 290 Å². The van der Waals surface area contributed by atoms with Gasteiger partial charge in [0.1, 0.15) is 5.69 Å². The summed E-state index contributed by atoms with van der Waals surface area (Å²) in [5.74, 6) is 0.622. The van der Waals surface area contributed by atoms with Crippen LogP contribution in [-0.4, -0.2) is 15.0 Å². The molecule has 7 aromatic carbocycles. The topological polar surface area (TPSA) is 38.7 Å². The Balaban J connectivity index is 1.17.